The number of hydrogen-bond donors (Lipinski definition) is 0. The first kappa shape index (κ1) is 20.4. The molecule has 1 aliphatic rings. The van der Waals surface area contributed by atoms with Crippen LogP contribution in [0.1, 0.15) is 50.6 Å². The molecular formula is C17H26N2O6S. The monoisotopic (exact) mass is 386 g/mol. The highest BCUT2D eigenvalue weighted by atomic mass is 32.2. The second-order valence-electron chi connectivity index (χ2n) is 7.33. The van der Waals surface area contributed by atoms with E-state index in [1.54, 1.807) is 20.8 Å². The normalized spacial score (nSPS) is 16.3. The van der Waals surface area contributed by atoms with Gasteiger partial charge in [0.1, 0.15) is 12.1 Å². The van der Waals surface area contributed by atoms with E-state index in [9.17, 15) is 18.0 Å². The molecular weight excluding hydrogens is 360 g/mol. The van der Waals surface area contributed by atoms with Gasteiger partial charge in [0, 0.05) is 20.1 Å². The number of hydrogen-bond acceptors (Lipinski definition) is 6. The molecule has 146 valence electrons. The smallest absolute Gasteiger partial charge is 0.326 e. The predicted molar refractivity (Wildman–Crippen MR) is 94.1 cm³/mol. The summed E-state index contributed by atoms with van der Waals surface area (Å²) in [5, 5.41) is -0.256. The van der Waals surface area contributed by atoms with Crippen LogP contribution in [0.5, 0.6) is 0 Å². The van der Waals surface area contributed by atoms with E-state index in [0.29, 0.717) is 13.1 Å². The molecule has 9 heteroatoms. The molecule has 8 nitrogen and oxygen atoms in total. The molecule has 2 rings (SSSR count). The van der Waals surface area contributed by atoms with Crippen LogP contribution in [0.4, 0.5) is 0 Å². The molecule has 0 N–H and O–H groups in total. The van der Waals surface area contributed by atoms with Crippen LogP contribution in [0.2, 0.25) is 0 Å². The molecule has 26 heavy (non-hydrogen) atoms. The Morgan fingerprint density at radius 2 is 1.81 bits per heavy atom. The molecule has 0 saturated carbocycles. The Labute approximate surface area is 154 Å². The van der Waals surface area contributed by atoms with Crippen molar-refractivity contribution >= 4 is 21.9 Å². The van der Waals surface area contributed by atoms with Crippen LogP contribution in [0, 0.1) is 0 Å². The van der Waals surface area contributed by atoms with Crippen molar-refractivity contribution in [3.8, 4) is 0 Å². The zero-order valence-electron chi connectivity index (χ0n) is 15.6. The van der Waals surface area contributed by atoms with Crippen molar-refractivity contribution in [2.45, 2.75) is 50.7 Å². The Balaban J connectivity index is 2.06. The summed E-state index contributed by atoms with van der Waals surface area (Å²) < 4.78 is 37.0. The van der Waals surface area contributed by atoms with Crippen LogP contribution in [0.3, 0.4) is 0 Å². The Morgan fingerprint density at radius 3 is 2.38 bits per heavy atom. The number of ether oxygens (including phenoxy) is 1. The number of rotatable bonds is 5. The molecule has 0 bridgehead atoms. The van der Waals surface area contributed by atoms with Crippen molar-refractivity contribution in [2.24, 2.45) is 0 Å². The Morgan fingerprint density at radius 1 is 1.19 bits per heavy atom. The summed E-state index contributed by atoms with van der Waals surface area (Å²) >= 11 is 0. The van der Waals surface area contributed by atoms with Crippen molar-refractivity contribution in [1.82, 2.24) is 9.21 Å². The molecule has 0 unspecified atom stereocenters. The SMILES string of the molecule is CN(CC(=O)OC(C)(C)C)C(=O)c1ccc(S(=O)(=O)N2CCCCC2)o1. The van der Waals surface area contributed by atoms with Crippen LogP contribution >= 0.6 is 0 Å². The number of carbonyl (C=O) groups excluding carboxylic acids is 2. The minimum Gasteiger partial charge on any atom is -0.459 e. The van der Waals surface area contributed by atoms with Gasteiger partial charge < -0.3 is 14.1 Å². The number of nitrogens with zero attached hydrogens (tertiary/aromatic N) is 2. The molecule has 2 heterocycles. The number of furan rings is 1. The summed E-state index contributed by atoms with van der Waals surface area (Å²) in [6.45, 7) is 5.84. The van der Waals surface area contributed by atoms with E-state index < -0.39 is 27.5 Å². The summed E-state index contributed by atoms with van der Waals surface area (Å²) in [4.78, 5) is 25.3. The molecule has 1 aliphatic heterocycles. The Bertz CT molecular complexity index is 756. The largest absolute Gasteiger partial charge is 0.459 e. The molecule has 0 aliphatic carbocycles. The van der Waals surface area contributed by atoms with Crippen LogP contribution in [-0.4, -0.2) is 61.8 Å². The number of carbonyl (C=O) groups is 2. The number of likely N-dealkylation sites (N-methyl/N-ethyl adjacent to an activating group) is 1. The van der Waals surface area contributed by atoms with Gasteiger partial charge in [-0.1, -0.05) is 6.42 Å². The van der Waals surface area contributed by atoms with Crippen molar-refractivity contribution < 1.29 is 27.2 Å². The minimum absolute atomic E-state index is 0.133. The van der Waals surface area contributed by atoms with Crippen molar-refractivity contribution in [3.63, 3.8) is 0 Å². The highest BCUT2D eigenvalue weighted by molar-refractivity contribution is 7.89. The second-order valence-corrected chi connectivity index (χ2v) is 9.20. The van der Waals surface area contributed by atoms with E-state index in [2.05, 4.69) is 0 Å². The summed E-state index contributed by atoms with van der Waals surface area (Å²) in [6, 6.07) is 2.59. The average Bonchev–Trinajstić information content (AvgIpc) is 3.03. The third-order valence-corrected chi connectivity index (χ3v) is 5.61. The maximum atomic E-state index is 12.6. The van der Waals surface area contributed by atoms with Gasteiger partial charge in [0.25, 0.3) is 15.9 Å². The molecule has 0 spiro atoms. The van der Waals surface area contributed by atoms with Gasteiger partial charge in [-0.05, 0) is 45.7 Å². The second kappa shape index (κ2) is 7.79. The zero-order valence-corrected chi connectivity index (χ0v) is 16.5. The lowest BCUT2D eigenvalue weighted by molar-refractivity contribution is -0.155. The number of sulfonamides is 1. The first-order valence-electron chi connectivity index (χ1n) is 8.58. The fraction of sp³-hybridized carbons (Fsp3) is 0.647. The lowest BCUT2D eigenvalue weighted by Gasteiger charge is -2.24. The van der Waals surface area contributed by atoms with Gasteiger partial charge in [0.15, 0.2) is 5.76 Å². The van der Waals surface area contributed by atoms with Gasteiger partial charge in [-0.25, -0.2) is 8.42 Å². The number of piperidine rings is 1. The van der Waals surface area contributed by atoms with Crippen molar-refractivity contribution in [2.75, 3.05) is 26.7 Å². The van der Waals surface area contributed by atoms with Crippen LogP contribution in [0.25, 0.3) is 0 Å². The predicted octanol–water partition coefficient (Wildman–Crippen LogP) is 1.87. The van der Waals surface area contributed by atoms with Gasteiger partial charge in [-0.15, -0.1) is 0 Å². The summed E-state index contributed by atoms with van der Waals surface area (Å²) in [5.41, 5.74) is -0.651. The fourth-order valence-electron chi connectivity index (χ4n) is 2.63. The Kier molecular flexibility index (Phi) is 6.13. The molecule has 1 fully saturated rings. The summed E-state index contributed by atoms with van der Waals surface area (Å²) in [7, 11) is -2.32. The average molecular weight is 386 g/mol. The minimum atomic E-state index is -3.74. The Hall–Kier alpha value is -1.87. The van der Waals surface area contributed by atoms with E-state index in [0.717, 1.165) is 24.2 Å². The molecule has 1 aromatic heterocycles. The van der Waals surface area contributed by atoms with E-state index in [4.69, 9.17) is 9.15 Å². The molecule has 1 aromatic rings. The van der Waals surface area contributed by atoms with Crippen molar-refractivity contribution in [1.29, 1.82) is 0 Å². The zero-order chi connectivity index (χ0) is 19.5. The highest BCUT2D eigenvalue weighted by Gasteiger charge is 2.30. The third kappa shape index (κ3) is 5.07. The van der Waals surface area contributed by atoms with Gasteiger partial charge in [-0.3, -0.25) is 9.59 Å². The summed E-state index contributed by atoms with van der Waals surface area (Å²) in [6.07, 6.45) is 2.62. The lowest BCUT2D eigenvalue weighted by Crippen LogP contribution is -2.36. The first-order chi connectivity index (χ1) is 12.0. The van der Waals surface area contributed by atoms with Gasteiger partial charge in [0.05, 0.1) is 0 Å². The van der Waals surface area contributed by atoms with Crippen LogP contribution < -0.4 is 0 Å². The molecule has 1 saturated heterocycles. The van der Waals surface area contributed by atoms with Gasteiger partial charge >= 0.3 is 5.97 Å². The quantitative estimate of drug-likeness (QED) is 0.717. The number of esters is 1. The van der Waals surface area contributed by atoms with Crippen LogP contribution in [0.15, 0.2) is 21.6 Å². The molecule has 0 radical (unpaired) electrons. The standard InChI is InChI=1S/C17H26N2O6S/c1-17(2,3)25-14(20)12-18(4)16(21)13-8-9-15(24-13)26(22,23)19-10-6-5-7-11-19/h8-9H,5-7,10-12H2,1-4H3. The third-order valence-electron chi connectivity index (χ3n) is 3.83. The maximum absolute atomic E-state index is 12.6. The van der Waals surface area contributed by atoms with Gasteiger partial charge in [0.2, 0.25) is 5.09 Å². The lowest BCUT2D eigenvalue weighted by atomic mass is 10.2. The topological polar surface area (TPSA) is 97.1 Å². The van der Waals surface area contributed by atoms with E-state index >= 15 is 0 Å². The van der Waals surface area contributed by atoms with E-state index in [-0.39, 0.29) is 17.4 Å². The highest BCUT2D eigenvalue weighted by Crippen LogP contribution is 2.23. The van der Waals surface area contributed by atoms with E-state index in [1.165, 1.54) is 23.5 Å². The number of amides is 1. The van der Waals surface area contributed by atoms with Crippen LogP contribution in [-0.2, 0) is 19.6 Å². The fourth-order valence-corrected chi connectivity index (χ4v) is 4.06. The van der Waals surface area contributed by atoms with Crippen molar-refractivity contribution in [3.05, 3.63) is 17.9 Å². The van der Waals surface area contributed by atoms with E-state index in [1.807, 2.05) is 0 Å². The molecule has 0 aromatic carbocycles. The molecule has 1 amide bonds. The summed E-state index contributed by atoms with van der Waals surface area (Å²) in [5.74, 6) is -1.27. The molecule has 0 atom stereocenters. The first-order valence-corrected chi connectivity index (χ1v) is 10.0. The maximum Gasteiger partial charge on any atom is 0.326 e. The van der Waals surface area contributed by atoms with Gasteiger partial charge in [-0.2, -0.15) is 4.31 Å².